The lowest BCUT2D eigenvalue weighted by molar-refractivity contribution is 0.0616. The molecule has 0 amide bonds. The number of ether oxygens (including phenoxy) is 2. The molecule has 5 nitrogen and oxygen atoms in total. The summed E-state index contributed by atoms with van der Waals surface area (Å²) in [7, 11) is 1.68. The Morgan fingerprint density at radius 2 is 2.00 bits per heavy atom. The normalized spacial score (nSPS) is 17.7. The van der Waals surface area contributed by atoms with Crippen LogP contribution in [-0.2, 0) is 22.6 Å². The molecule has 0 saturated carbocycles. The first-order valence-electron chi connectivity index (χ1n) is 6.97. The first kappa shape index (κ1) is 14.8. The van der Waals surface area contributed by atoms with Crippen molar-refractivity contribution in [2.24, 2.45) is 4.99 Å². The van der Waals surface area contributed by atoms with E-state index in [4.69, 9.17) is 9.47 Å². The highest BCUT2D eigenvalue weighted by molar-refractivity contribution is 5.81. The third-order valence-corrected chi connectivity index (χ3v) is 3.09. The second kappa shape index (κ2) is 7.87. The largest absolute Gasteiger partial charge is 0.382 e. The smallest absolute Gasteiger partial charge is 0.191 e. The predicted octanol–water partition coefficient (Wildman–Crippen LogP) is 1.29. The van der Waals surface area contributed by atoms with Gasteiger partial charge in [-0.3, -0.25) is 4.99 Å². The Labute approximate surface area is 120 Å². The summed E-state index contributed by atoms with van der Waals surface area (Å²) < 4.78 is 10.4. The van der Waals surface area contributed by atoms with E-state index in [9.17, 15) is 0 Å². The van der Waals surface area contributed by atoms with Crippen molar-refractivity contribution in [2.45, 2.75) is 26.1 Å². The van der Waals surface area contributed by atoms with Crippen LogP contribution in [0.15, 0.2) is 29.3 Å². The summed E-state index contributed by atoms with van der Waals surface area (Å²) in [5, 5.41) is 6.58. The molecule has 0 fully saturated rings. The zero-order valence-corrected chi connectivity index (χ0v) is 12.2. The summed E-state index contributed by atoms with van der Waals surface area (Å²) in [4.78, 5) is 4.37. The van der Waals surface area contributed by atoms with Gasteiger partial charge in [0, 0.05) is 19.7 Å². The van der Waals surface area contributed by atoms with E-state index in [1.165, 1.54) is 11.1 Å². The molecule has 1 aromatic carbocycles. The number of methoxy groups -OCH3 is 1. The number of hydrogen-bond acceptors (Lipinski definition) is 5. The minimum absolute atomic E-state index is 0.434. The first-order valence-corrected chi connectivity index (χ1v) is 6.97. The van der Waals surface area contributed by atoms with E-state index in [1.807, 2.05) is 0 Å². The van der Waals surface area contributed by atoms with Crippen LogP contribution >= 0.6 is 0 Å². The van der Waals surface area contributed by atoms with Gasteiger partial charge in [0.25, 0.3) is 0 Å². The fraction of sp³-hybridized carbons (Fsp3) is 0.533. The van der Waals surface area contributed by atoms with Crippen molar-refractivity contribution in [3.63, 3.8) is 0 Å². The topological polar surface area (TPSA) is 54.9 Å². The number of aliphatic imine (C=N–C) groups is 1. The van der Waals surface area contributed by atoms with Gasteiger partial charge in [0.1, 0.15) is 0 Å². The summed E-state index contributed by atoms with van der Waals surface area (Å²) >= 11 is 0. The molecule has 2 rings (SSSR count). The zero-order chi connectivity index (χ0) is 14.2. The Kier molecular flexibility index (Phi) is 5.83. The summed E-state index contributed by atoms with van der Waals surface area (Å²) in [6.45, 7) is 5.64. The highest BCUT2D eigenvalue weighted by atomic mass is 16.5. The predicted molar refractivity (Wildman–Crippen MR) is 79.7 cm³/mol. The van der Waals surface area contributed by atoms with E-state index < -0.39 is 0 Å². The number of rotatable bonds is 7. The maximum atomic E-state index is 5.48. The standard InChI is InChI=1S/C15H23N3O2/c1-12-9-16-15(18-12)17-10-13-3-5-14(6-4-13)11-20-8-7-19-2/h3-6,12H,7-11H2,1-2H3,(H2,16,17,18). The molecule has 0 aliphatic carbocycles. The number of nitrogens with one attached hydrogen (secondary N) is 2. The van der Waals surface area contributed by atoms with E-state index in [0.29, 0.717) is 25.9 Å². The van der Waals surface area contributed by atoms with Crippen LogP contribution in [0.2, 0.25) is 0 Å². The van der Waals surface area contributed by atoms with Crippen LogP contribution in [0, 0.1) is 0 Å². The Hall–Kier alpha value is -1.59. The average Bonchev–Trinajstić information content (AvgIpc) is 2.88. The van der Waals surface area contributed by atoms with Crippen LogP contribution in [0.1, 0.15) is 18.1 Å². The van der Waals surface area contributed by atoms with Gasteiger partial charge in [-0.1, -0.05) is 24.3 Å². The number of guanidine groups is 1. The van der Waals surface area contributed by atoms with Crippen LogP contribution in [0.25, 0.3) is 0 Å². The van der Waals surface area contributed by atoms with Crippen LogP contribution in [0.3, 0.4) is 0 Å². The van der Waals surface area contributed by atoms with Crippen molar-refractivity contribution in [3.05, 3.63) is 35.4 Å². The first-order chi connectivity index (χ1) is 9.78. The molecule has 1 aliphatic rings. The lowest BCUT2D eigenvalue weighted by Gasteiger charge is -2.09. The molecule has 1 unspecified atom stereocenters. The maximum Gasteiger partial charge on any atom is 0.191 e. The van der Waals surface area contributed by atoms with E-state index in [0.717, 1.165) is 19.0 Å². The third kappa shape index (κ3) is 4.83. The van der Waals surface area contributed by atoms with Gasteiger partial charge < -0.3 is 20.1 Å². The Bertz CT molecular complexity index is 431. The Morgan fingerprint density at radius 1 is 1.25 bits per heavy atom. The molecule has 110 valence electrons. The van der Waals surface area contributed by atoms with Crippen molar-refractivity contribution in [1.82, 2.24) is 10.6 Å². The molecule has 0 bridgehead atoms. The van der Waals surface area contributed by atoms with E-state index in [-0.39, 0.29) is 0 Å². The Balaban J connectivity index is 1.71. The molecule has 1 atom stereocenters. The van der Waals surface area contributed by atoms with Crippen LogP contribution in [-0.4, -0.2) is 38.9 Å². The fourth-order valence-corrected chi connectivity index (χ4v) is 1.93. The minimum Gasteiger partial charge on any atom is -0.382 e. The van der Waals surface area contributed by atoms with E-state index in [2.05, 4.69) is 46.8 Å². The molecule has 1 aliphatic heterocycles. The summed E-state index contributed by atoms with van der Waals surface area (Å²) in [6.07, 6.45) is 0. The second-order valence-electron chi connectivity index (χ2n) is 4.95. The van der Waals surface area contributed by atoms with Gasteiger partial charge >= 0.3 is 0 Å². The summed E-state index contributed by atoms with van der Waals surface area (Å²) in [5.74, 6) is 0.893. The van der Waals surface area contributed by atoms with Crippen molar-refractivity contribution in [1.29, 1.82) is 0 Å². The average molecular weight is 277 g/mol. The van der Waals surface area contributed by atoms with E-state index >= 15 is 0 Å². The highest BCUT2D eigenvalue weighted by Gasteiger charge is 2.11. The molecule has 20 heavy (non-hydrogen) atoms. The SMILES string of the molecule is COCCOCc1ccc(CNC2=NCC(C)N2)cc1. The van der Waals surface area contributed by atoms with Crippen LogP contribution < -0.4 is 10.6 Å². The van der Waals surface area contributed by atoms with Gasteiger partial charge in [0.2, 0.25) is 0 Å². The quantitative estimate of drug-likeness (QED) is 0.737. The van der Waals surface area contributed by atoms with Gasteiger partial charge in [0.15, 0.2) is 5.96 Å². The molecule has 5 heteroatoms. The lowest BCUT2D eigenvalue weighted by atomic mass is 10.1. The van der Waals surface area contributed by atoms with Crippen molar-refractivity contribution in [2.75, 3.05) is 26.9 Å². The van der Waals surface area contributed by atoms with Crippen molar-refractivity contribution < 1.29 is 9.47 Å². The molecule has 0 radical (unpaired) electrons. The van der Waals surface area contributed by atoms with Crippen LogP contribution in [0.4, 0.5) is 0 Å². The summed E-state index contributed by atoms with van der Waals surface area (Å²) in [5.41, 5.74) is 2.41. The minimum atomic E-state index is 0.434. The maximum absolute atomic E-state index is 5.48. The summed E-state index contributed by atoms with van der Waals surface area (Å²) in [6, 6.07) is 8.85. The zero-order valence-electron chi connectivity index (χ0n) is 12.2. The highest BCUT2D eigenvalue weighted by Crippen LogP contribution is 2.06. The molecule has 0 spiro atoms. The second-order valence-corrected chi connectivity index (χ2v) is 4.95. The van der Waals surface area contributed by atoms with Crippen molar-refractivity contribution >= 4 is 5.96 Å². The molecular formula is C15H23N3O2. The number of benzene rings is 1. The molecule has 2 N–H and O–H groups in total. The third-order valence-electron chi connectivity index (χ3n) is 3.09. The van der Waals surface area contributed by atoms with Gasteiger partial charge in [-0.05, 0) is 18.1 Å². The number of nitrogens with zero attached hydrogens (tertiary/aromatic N) is 1. The van der Waals surface area contributed by atoms with Gasteiger partial charge in [-0.15, -0.1) is 0 Å². The van der Waals surface area contributed by atoms with Gasteiger partial charge in [0.05, 0.1) is 26.4 Å². The molecular weight excluding hydrogens is 254 g/mol. The fourth-order valence-electron chi connectivity index (χ4n) is 1.93. The molecule has 1 heterocycles. The molecule has 1 aromatic rings. The van der Waals surface area contributed by atoms with Crippen LogP contribution in [0.5, 0.6) is 0 Å². The molecule has 0 aromatic heterocycles. The van der Waals surface area contributed by atoms with E-state index in [1.54, 1.807) is 7.11 Å². The Morgan fingerprint density at radius 3 is 2.65 bits per heavy atom. The molecule has 0 saturated heterocycles. The monoisotopic (exact) mass is 277 g/mol. The van der Waals surface area contributed by atoms with Crippen molar-refractivity contribution in [3.8, 4) is 0 Å². The number of hydrogen-bond donors (Lipinski definition) is 2. The van der Waals surface area contributed by atoms with Gasteiger partial charge in [-0.25, -0.2) is 0 Å². The van der Waals surface area contributed by atoms with Gasteiger partial charge in [-0.2, -0.15) is 0 Å². The lowest BCUT2D eigenvalue weighted by Crippen LogP contribution is -2.37.